The molecule has 2 amide bonds. The third-order valence-electron chi connectivity index (χ3n) is 4.43. The number of pyridine rings is 1. The number of amides is 2. The zero-order chi connectivity index (χ0) is 16.8. The Morgan fingerprint density at radius 1 is 1.12 bits per heavy atom. The molecule has 1 atom stereocenters. The number of nitrogens with zero attached hydrogens (tertiary/aromatic N) is 1. The van der Waals surface area contributed by atoms with E-state index in [0.29, 0.717) is 13.2 Å². The molecule has 1 aliphatic carbocycles. The highest BCUT2D eigenvalue weighted by Gasteiger charge is 2.42. The van der Waals surface area contributed by atoms with Gasteiger partial charge in [0.2, 0.25) is 0 Å². The van der Waals surface area contributed by atoms with Gasteiger partial charge in [-0.1, -0.05) is 6.42 Å². The summed E-state index contributed by atoms with van der Waals surface area (Å²) in [5.41, 5.74) is 0.887. The Bertz CT molecular complexity index is 572. The lowest BCUT2D eigenvalue weighted by Crippen LogP contribution is -2.43. The first-order valence-corrected chi connectivity index (χ1v) is 8.44. The average Bonchev–Trinajstić information content (AvgIpc) is 3.01. The van der Waals surface area contributed by atoms with Crippen molar-refractivity contribution in [1.82, 2.24) is 15.6 Å². The number of carbonyl (C=O) groups is 2. The molecule has 0 radical (unpaired) electrons. The van der Waals surface area contributed by atoms with Crippen molar-refractivity contribution >= 4 is 11.8 Å². The highest BCUT2D eigenvalue weighted by Crippen LogP contribution is 2.37. The van der Waals surface area contributed by atoms with Gasteiger partial charge in [-0.05, 0) is 30.5 Å². The van der Waals surface area contributed by atoms with Crippen LogP contribution in [0, 0.1) is 0 Å². The van der Waals surface area contributed by atoms with Crippen molar-refractivity contribution in [3.8, 4) is 0 Å². The Hall–Kier alpha value is -1.99. The monoisotopic (exact) mass is 333 g/mol. The van der Waals surface area contributed by atoms with Crippen molar-refractivity contribution < 1.29 is 19.1 Å². The van der Waals surface area contributed by atoms with Crippen LogP contribution in [0.2, 0.25) is 0 Å². The van der Waals surface area contributed by atoms with E-state index in [-0.39, 0.29) is 12.6 Å². The van der Waals surface area contributed by atoms with Gasteiger partial charge >= 0.3 is 11.8 Å². The summed E-state index contributed by atoms with van der Waals surface area (Å²) >= 11 is 0. The predicted octanol–water partition coefficient (Wildman–Crippen LogP) is 0.890. The molecule has 1 aromatic rings. The molecule has 1 aromatic heterocycles. The molecule has 2 aliphatic rings. The molecule has 1 spiro atoms. The highest BCUT2D eigenvalue weighted by molar-refractivity contribution is 6.35. The topological polar surface area (TPSA) is 89.6 Å². The third-order valence-corrected chi connectivity index (χ3v) is 4.43. The number of nitrogens with one attached hydrogen (secondary N) is 2. The molecule has 3 rings (SSSR count). The van der Waals surface area contributed by atoms with Crippen LogP contribution in [0.15, 0.2) is 24.5 Å². The predicted molar refractivity (Wildman–Crippen MR) is 85.7 cm³/mol. The molecule has 1 saturated heterocycles. The fraction of sp³-hybridized carbons (Fsp3) is 0.588. The molecule has 0 bridgehead atoms. The summed E-state index contributed by atoms with van der Waals surface area (Å²) in [6.07, 6.45) is 8.33. The van der Waals surface area contributed by atoms with Crippen LogP contribution < -0.4 is 10.6 Å². The largest absolute Gasteiger partial charge is 0.347 e. The van der Waals surface area contributed by atoms with E-state index in [1.165, 1.54) is 6.42 Å². The van der Waals surface area contributed by atoms with E-state index in [2.05, 4.69) is 15.6 Å². The number of hydrogen-bond acceptors (Lipinski definition) is 5. The van der Waals surface area contributed by atoms with Crippen LogP contribution in [0.1, 0.15) is 37.7 Å². The first-order chi connectivity index (χ1) is 11.7. The van der Waals surface area contributed by atoms with Crippen molar-refractivity contribution in [2.75, 3.05) is 13.2 Å². The van der Waals surface area contributed by atoms with Crippen LogP contribution in [0.5, 0.6) is 0 Å². The first-order valence-electron chi connectivity index (χ1n) is 8.44. The summed E-state index contributed by atoms with van der Waals surface area (Å²) in [5.74, 6) is -1.77. The molecule has 1 unspecified atom stereocenters. The van der Waals surface area contributed by atoms with E-state index in [9.17, 15) is 9.59 Å². The average molecular weight is 333 g/mol. The van der Waals surface area contributed by atoms with E-state index in [0.717, 1.165) is 31.2 Å². The summed E-state index contributed by atoms with van der Waals surface area (Å²) in [7, 11) is 0. The van der Waals surface area contributed by atoms with Crippen LogP contribution in [0.4, 0.5) is 0 Å². The second-order valence-corrected chi connectivity index (χ2v) is 6.27. The van der Waals surface area contributed by atoms with Gasteiger partial charge in [-0.2, -0.15) is 0 Å². The lowest BCUT2D eigenvalue weighted by Gasteiger charge is -2.31. The molecule has 2 N–H and O–H groups in total. The minimum Gasteiger partial charge on any atom is -0.347 e. The molecule has 2 fully saturated rings. The minimum atomic E-state index is -0.655. The standard InChI is InChI=1S/C17H23N3O4/c21-15(19-10-13-4-8-18-9-5-13)16(22)20-11-14-12-23-17(24-14)6-2-1-3-7-17/h4-5,8-9,14H,1-3,6-7,10-12H2,(H,19,21)(H,20,22). The number of rotatable bonds is 4. The molecular weight excluding hydrogens is 310 g/mol. The van der Waals surface area contributed by atoms with E-state index in [1.807, 2.05) is 0 Å². The van der Waals surface area contributed by atoms with Crippen LogP contribution >= 0.6 is 0 Å². The smallest absolute Gasteiger partial charge is 0.309 e. The molecule has 7 heteroatoms. The van der Waals surface area contributed by atoms with E-state index >= 15 is 0 Å². The van der Waals surface area contributed by atoms with Gasteiger partial charge in [-0.25, -0.2) is 0 Å². The SMILES string of the molecule is O=C(NCc1ccncc1)C(=O)NCC1COC2(CCCCC2)O1. The second kappa shape index (κ2) is 7.72. The van der Waals surface area contributed by atoms with Crippen molar-refractivity contribution in [2.45, 2.75) is 50.5 Å². The lowest BCUT2D eigenvalue weighted by molar-refractivity contribution is -0.186. The zero-order valence-electron chi connectivity index (χ0n) is 13.6. The van der Waals surface area contributed by atoms with Crippen molar-refractivity contribution in [1.29, 1.82) is 0 Å². The van der Waals surface area contributed by atoms with E-state index in [4.69, 9.17) is 9.47 Å². The summed E-state index contributed by atoms with van der Waals surface area (Å²) in [6.45, 7) is 1.03. The van der Waals surface area contributed by atoms with Crippen LogP contribution in [0.3, 0.4) is 0 Å². The molecule has 130 valence electrons. The van der Waals surface area contributed by atoms with Crippen molar-refractivity contribution in [3.05, 3.63) is 30.1 Å². The Morgan fingerprint density at radius 3 is 2.58 bits per heavy atom. The molecule has 1 aliphatic heterocycles. The molecule has 1 saturated carbocycles. The first kappa shape index (κ1) is 16.9. The third kappa shape index (κ3) is 4.30. The van der Waals surface area contributed by atoms with Gasteiger partial charge in [-0.15, -0.1) is 0 Å². The van der Waals surface area contributed by atoms with Crippen LogP contribution in [0.25, 0.3) is 0 Å². The maximum atomic E-state index is 11.9. The normalized spacial score (nSPS) is 22.2. The van der Waals surface area contributed by atoms with Crippen LogP contribution in [-0.2, 0) is 25.6 Å². The quantitative estimate of drug-likeness (QED) is 0.799. The Kier molecular flexibility index (Phi) is 5.42. The van der Waals surface area contributed by atoms with Gasteiger partial charge in [0.15, 0.2) is 5.79 Å². The maximum Gasteiger partial charge on any atom is 0.309 e. The highest BCUT2D eigenvalue weighted by atomic mass is 16.7. The number of hydrogen-bond donors (Lipinski definition) is 2. The van der Waals surface area contributed by atoms with Gasteiger partial charge in [-0.3, -0.25) is 14.6 Å². The molecule has 2 heterocycles. The van der Waals surface area contributed by atoms with E-state index in [1.54, 1.807) is 24.5 Å². The molecule has 0 aromatic carbocycles. The summed E-state index contributed by atoms with van der Waals surface area (Å²) in [6, 6.07) is 3.57. The summed E-state index contributed by atoms with van der Waals surface area (Å²) in [5, 5.41) is 5.19. The Balaban J connectivity index is 1.38. The van der Waals surface area contributed by atoms with Gasteiger partial charge in [0.25, 0.3) is 0 Å². The van der Waals surface area contributed by atoms with Gasteiger partial charge in [0.05, 0.1) is 6.61 Å². The molecule has 7 nitrogen and oxygen atoms in total. The fourth-order valence-corrected chi connectivity index (χ4v) is 3.12. The molecular formula is C17H23N3O4. The van der Waals surface area contributed by atoms with Crippen molar-refractivity contribution in [2.24, 2.45) is 0 Å². The fourth-order valence-electron chi connectivity index (χ4n) is 3.12. The van der Waals surface area contributed by atoms with Crippen LogP contribution in [-0.4, -0.2) is 41.8 Å². The summed E-state index contributed by atoms with van der Waals surface area (Å²) in [4.78, 5) is 27.6. The van der Waals surface area contributed by atoms with E-state index < -0.39 is 17.6 Å². The minimum absolute atomic E-state index is 0.194. The lowest BCUT2D eigenvalue weighted by atomic mass is 9.94. The Morgan fingerprint density at radius 2 is 1.83 bits per heavy atom. The van der Waals surface area contributed by atoms with Gasteiger partial charge < -0.3 is 20.1 Å². The number of carbonyl (C=O) groups excluding carboxylic acids is 2. The zero-order valence-corrected chi connectivity index (χ0v) is 13.6. The Labute approximate surface area is 141 Å². The maximum absolute atomic E-state index is 11.9. The van der Waals surface area contributed by atoms with Gasteiger partial charge in [0.1, 0.15) is 6.10 Å². The number of aromatic nitrogens is 1. The second-order valence-electron chi connectivity index (χ2n) is 6.27. The van der Waals surface area contributed by atoms with Gasteiger partial charge in [0, 0.05) is 38.3 Å². The summed E-state index contributed by atoms with van der Waals surface area (Å²) < 4.78 is 11.8. The number of ether oxygens (including phenoxy) is 2. The van der Waals surface area contributed by atoms with Crippen molar-refractivity contribution in [3.63, 3.8) is 0 Å². The molecule has 24 heavy (non-hydrogen) atoms.